The average molecular weight is 341 g/mol. The average Bonchev–Trinajstić information content (AvgIpc) is 2.43. The van der Waals surface area contributed by atoms with E-state index in [9.17, 15) is 31.7 Å². The molecule has 22 heavy (non-hydrogen) atoms. The van der Waals surface area contributed by atoms with Gasteiger partial charge in [0.05, 0.1) is 15.4 Å². The number of hydrogen-bond acceptors (Lipinski definition) is 5. The summed E-state index contributed by atoms with van der Waals surface area (Å²) in [5.74, 6) is 0. The van der Waals surface area contributed by atoms with E-state index in [0.29, 0.717) is 12.1 Å². The van der Waals surface area contributed by atoms with Crippen LogP contribution in [-0.2, 0) is 16.2 Å². The molecule has 0 aliphatic heterocycles. The number of nitro benzene ring substituents is 1. The second-order valence-corrected chi connectivity index (χ2v) is 6.21. The minimum absolute atomic E-state index is 0.132. The van der Waals surface area contributed by atoms with Crippen LogP contribution in [0.4, 0.5) is 18.9 Å². The fourth-order valence-corrected chi connectivity index (χ4v) is 2.84. The minimum atomic E-state index is -5.04. The molecule has 1 atom stereocenters. The molecule has 2 N–H and O–H groups in total. The van der Waals surface area contributed by atoms with Gasteiger partial charge >= 0.3 is 6.18 Å². The number of hydrogen-bond donors (Lipinski definition) is 2. The van der Waals surface area contributed by atoms with Gasteiger partial charge in [-0.05, 0) is 20.0 Å². The van der Waals surface area contributed by atoms with Crippen molar-refractivity contribution in [2.75, 3.05) is 13.6 Å². The van der Waals surface area contributed by atoms with Crippen molar-refractivity contribution in [2.24, 2.45) is 0 Å². The third-order valence-electron chi connectivity index (χ3n) is 2.84. The van der Waals surface area contributed by atoms with Crippen LogP contribution in [0.15, 0.2) is 23.1 Å². The predicted octanol–water partition coefficient (Wildman–Crippen LogP) is 1.50. The molecule has 124 valence electrons. The fraction of sp³-hybridized carbons (Fsp3) is 0.455. The molecule has 1 aromatic carbocycles. The molecule has 0 fully saturated rings. The summed E-state index contributed by atoms with van der Waals surface area (Å²) in [5.41, 5.74) is -2.42. The fourth-order valence-electron chi connectivity index (χ4n) is 1.50. The number of sulfonamides is 1. The molecule has 0 spiro atoms. The standard InChI is InChI=1S/C11H14F3N3O4S/c1-7(15-2)6-16-22(20,21)10-4-3-8(17(18)19)5-9(10)11(12,13)14/h3-5,7,15-16H,6H2,1-2H3. The van der Waals surface area contributed by atoms with Crippen molar-refractivity contribution < 1.29 is 26.5 Å². The Labute approximate surface area is 124 Å². The Kier molecular flexibility index (Phi) is 5.49. The maximum absolute atomic E-state index is 13.0. The second-order valence-electron chi connectivity index (χ2n) is 4.48. The Morgan fingerprint density at radius 2 is 1.95 bits per heavy atom. The van der Waals surface area contributed by atoms with Gasteiger partial charge in [-0.25, -0.2) is 13.1 Å². The number of nitro groups is 1. The van der Waals surface area contributed by atoms with Crippen LogP contribution >= 0.6 is 0 Å². The molecule has 0 radical (unpaired) electrons. The van der Waals surface area contributed by atoms with Crippen LogP contribution < -0.4 is 10.0 Å². The SMILES string of the molecule is CNC(C)CNS(=O)(=O)c1ccc([N+](=O)[O-])cc1C(F)(F)F. The third-order valence-corrected chi connectivity index (χ3v) is 4.32. The summed E-state index contributed by atoms with van der Waals surface area (Å²) in [7, 11) is -2.89. The number of nitrogens with one attached hydrogen (secondary N) is 2. The van der Waals surface area contributed by atoms with Gasteiger partial charge in [-0.3, -0.25) is 10.1 Å². The highest BCUT2D eigenvalue weighted by Crippen LogP contribution is 2.36. The molecule has 1 aromatic rings. The van der Waals surface area contributed by atoms with E-state index < -0.39 is 37.3 Å². The van der Waals surface area contributed by atoms with Crippen LogP contribution in [0.1, 0.15) is 12.5 Å². The Balaban J connectivity index is 3.31. The molecule has 1 rings (SSSR count). The van der Waals surface area contributed by atoms with E-state index in [1.807, 2.05) is 4.72 Å². The van der Waals surface area contributed by atoms with Gasteiger partial charge in [0.2, 0.25) is 10.0 Å². The molecule has 1 unspecified atom stereocenters. The Hall–Kier alpha value is -1.72. The van der Waals surface area contributed by atoms with Crippen molar-refractivity contribution in [2.45, 2.75) is 24.0 Å². The number of non-ortho nitro benzene ring substituents is 1. The maximum Gasteiger partial charge on any atom is 0.417 e. The topological polar surface area (TPSA) is 101 Å². The smallest absolute Gasteiger partial charge is 0.316 e. The first kappa shape index (κ1) is 18.3. The van der Waals surface area contributed by atoms with Crippen LogP contribution in [0.2, 0.25) is 0 Å². The van der Waals surface area contributed by atoms with Crippen molar-refractivity contribution >= 4 is 15.7 Å². The van der Waals surface area contributed by atoms with Gasteiger partial charge in [-0.2, -0.15) is 13.2 Å². The monoisotopic (exact) mass is 341 g/mol. The van der Waals surface area contributed by atoms with Crippen molar-refractivity contribution in [1.29, 1.82) is 0 Å². The molecule has 0 amide bonds. The largest absolute Gasteiger partial charge is 0.417 e. The van der Waals surface area contributed by atoms with E-state index in [2.05, 4.69) is 5.32 Å². The van der Waals surface area contributed by atoms with Crippen molar-refractivity contribution in [1.82, 2.24) is 10.0 Å². The lowest BCUT2D eigenvalue weighted by atomic mass is 10.2. The number of halogens is 3. The van der Waals surface area contributed by atoms with Crippen LogP contribution in [0.25, 0.3) is 0 Å². The molecule has 11 heteroatoms. The molecule has 0 saturated heterocycles. The molecular weight excluding hydrogens is 327 g/mol. The number of likely N-dealkylation sites (N-methyl/N-ethyl adjacent to an activating group) is 1. The van der Waals surface area contributed by atoms with E-state index in [0.717, 1.165) is 0 Å². The summed E-state index contributed by atoms with van der Waals surface area (Å²) in [6.45, 7) is 1.50. The maximum atomic E-state index is 13.0. The number of benzene rings is 1. The zero-order valence-electron chi connectivity index (χ0n) is 11.6. The number of rotatable bonds is 6. The van der Waals surface area contributed by atoms with Crippen molar-refractivity contribution in [3.8, 4) is 0 Å². The van der Waals surface area contributed by atoms with E-state index in [1.165, 1.54) is 0 Å². The zero-order valence-corrected chi connectivity index (χ0v) is 12.5. The Morgan fingerprint density at radius 1 is 1.36 bits per heavy atom. The lowest BCUT2D eigenvalue weighted by Crippen LogP contribution is -2.37. The molecule has 0 aliphatic carbocycles. The molecule has 0 bridgehead atoms. The van der Waals surface area contributed by atoms with Crippen LogP contribution in [0.5, 0.6) is 0 Å². The molecular formula is C11H14F3N3O4S. The van der Waals surface area contributed by atoms with Gasteiger partial charge < -0.3 is 5.32 Å². The summed E-state index contributed by atoms with van der Waals surface area (Å²) in [6.07, 6.45) is -5.04. The highest BCUT2D eigenvalue weighted by Gasteiger charge is 2.38. The highest BCUT2D eigenvalue weighted by atomic mass is 32.2. The Morgan fingerprint density at radius 3 is 2.41 bits per heavy atom. The number of alkyl halides is 3. The number of nitrogens with zero attached hydrogens (tertiary/aromatic N) is 1. The van der Waals surface area contributed by atoms with Gasteiger partial charge in [-0.1, -0.05) is 0 Å². The van der Waals surface area contributed by atoms with Gasteiger partial charge in [0.25, 0.3) is 5.69 Å². The first-order valence-corrected chi connectivity index (χ1v) is 7.50. The van der Waals surface area contributed by atoms with E-state index in [-0.39, 0.29) is 18.7 Å². The first-order chi connectivity index (χ1) is 9.99. The minimum Gasteiger partial charge on any atom is -0.316 e. The summed E-state index contributed by atoms with van der Waals surface area (Å²) in [4.78, 5) is 8.49. The van der Waals surface area contributed by atoms with E-state index in [1.54, 1.807) is 14.0 Å². The van der Waals surface area contributed by atoms with Gasteiger partial charge in [0.15, 0.2) is 0 Å². The Bertz CT molecular complexity index is 661. The molecule has 7 nitrogen and oxygen atoms in total. The first-order valence-electron chi connectivity index (χ1n) is 6.01. The van der Waals surface area contributed by atoms with Gasteiger partial charge in [0.1, 0.15) is 0 Å². The summed E-state index contributed by atoms with van der Waals surface area (Å²) in [5, 5.41) is 13.3. The van der Waals surface area contributed by atoms with Crippen LogP contribution in [0, 0.1) is 10.1 Å². The quantitative estimate of drug-likeness (QED) is 0.603. The zero-order chi connectivity index (χ0) is 17.1. The summed E-state index contributed by atoms with van der Waals surface area (Å²) in [6, 6.07) is 1.19. The summed E-state index contributed by atoms with van der Waals surface area (Å²) >= 11 is 0. The predicted molar refractivity (Wildman–Crippen MR) is 71.8 cm³/mol. The molecule has 0 heterocycles. The molecule has 0 saturated carbocycles. The highest BCUT2D eigenvalue weighted by molar-refractivity contribution is 7.89. The van der Waals surface area contributed by atoms with E-state index in [4.69, 9.17) is 0 Å². The van der Waals surface area contributed by atoms with Crippen molar-refractivity contribution in [3.63, 3.8) is 0 Å². The molecule has 0 aliphatic rings. The normalized spacial score (nSPS) is 13.9. The van der Waals surface area contributed by atoms with Crippen LogP contribution in [-0.4, -0.2) is 33.0 Å². The molecule has 0 aromatic heterocycles. The van der Waals surface area contributed by atoms with E-state index >= 15 is 0 Å². The third kappa shape index (κ3) is 4.39. The lowest BCUT2D eigenvalue weighted by molar-refractivity contribution is -0.385. The van der Waals surface area contributed by atoms with Gasteiger partial charge in [-0.15, -0.1) is 0 Å². The van der Waals surface area contributed by atoms with Crippen LogP contribution in [0.3, 0.4) is 0 Å². The van der Waals surface area contributed by atoms with Gasteiger partial charge in [0, 0.05) is 24.7 Å². The second kappa shape index (κ2) is 6.58. The summed E-state index contributed by atoms with van der Waals surface area (Å²) < 4.78 is 64.9. The van der Waals surface area contributed by atoms with Crippen molar-refractivity contribution in [3.05, 3.63) is 33.9 Å². The lowest BCUT2D eigenvalue weighted by Gasteiger charge is -2.15.